The maximum absolute atomic E-state index is 12.0. The van der Waals surface area contributed by atoms with Crippen LogP contribution in [0, 0.1) is 0 Å². The number of likely N-dealkylation sites (N-methyl/N-ethyl adjacent to an activating group) is 1. The third-order valence-corrected chi connectivity index (χ3v) is 6.28. The van der Waals surface area contributed by atoms with Crippen molar-refractivity contribution in [1.29, 1.82) is 0 Å². The number of aliphatic imine (C=N–C) groups is 1. The third kappa shape index (κ3) is 7.17. The van der Waals surface area contributed by atoms with Gasteiger partial charge in [0.2, 0.25) is 5.91 Å². The number of carbonyl (C=O) groups is 1. The van der Waals surface area contributed by atoms with E-state index in [4.69, 9.17) is 4.74 Å². The molecule has 2 N–H and O–H groups in total. The summed E-state index contributed by atoms with van der Waals surface area (Å²) in [6, 6.07) is 4.66. The molecule has 9 heteroatoms. The number of amides is 1. The largest absolute Gasteiger partial charge is 0.379 e. The minimum Gasteiger partial charge on any atom is -0.379 e. The van der Waals surface area contributed by atoms with Gasteiger partial charge in [0.05, 0.1) is 18.2 Å². The average Bonchev–Trinajstić information content (AvgIpc) is 3.27. The Morgan fingerprint density at radius 1 is 1.28 bits per heavy atom. The number of nitrogens with one attached hydrogen (secondary N) is 2. The van der Waals surface area contributed by atoms with E-state index in [0.29, 0.717) is 6.04 Å². The molecular weight excluding hydrogens is 388 g/mol. The first-order valence-corrected chi connectivity index (χ1v) is 11.3. The fourth-order valence-corrected chi connectivity index (χ4v) is 4.27. The molecule has 3 rings (SSSR count). The van der Waals surface area contributed by atoms with Crippen LogP contribution in [0.1, 0.15) is 12.8 Å². The molecule has 0 atom stereocenters. The Kier molecular flexibility index (Phi) is 8.57. The minimum absolute atomic E-state index is 0.00629. The Balaban J connectivity index is 1.48. The number of rotatable bonds is 7. The second-order valence-electron chi connectivity index (χ2n) is 7.69. The van der Waals surface area contributed by atoms with Gasteiger partial charge < -0.3 is 25.2 Å². The average molecular weight is 423 g/mol. The molecule has 0 aromatic carbocycles. The maximum atomic E-state index is 12.0. The van der Waals surface area contributed by atoms with Crippen molar-refractivity contribution in [1.82, 2.24) is 20.4 Å². The van der Waals surface area contributed by atoms with E-state index in [-0.39, 0.29) is 12.5 Å². The van der Waals surface area contributed by atoms with Gasteiger partial charge in [-0.05, 0) is 30.4 Å². The van der Waals surface area contributed by atoms with E-state index in [1.54, 1.807) is 30.3 Å². The fraction of sp³-hybridized carbons (Fsp3) is 0.700. The van der Waals surface area contributed by atoms with E-state index in [1.165, 1.54) is 5.00 Å². The molecule has 2 saturated heterocycles. The quantitative estimate of drug-likeness (QED) is 0.497. The Morgan fingerprint density at radius 3 is 2.69 bits per heavy atom. The minimum atomic E-state index is 0.00629. The predicted molar refractivity (Wildman–Crippen MR) is 119 cm³/mol. The molecule has 162 valence electrons. The number of nitrogens with zero attached hydrogens (tertiary/aromatic N) is 4. The lowest BCUT2D eigenvalue weighted by molar-refractivity contribution is -0.127. The smallest absolute Gasteiger partial charge is 0.243 e. The molecule has 8 nitrogen and oxygen atoms in total. The molecule has 1 amide bonds. The highest BCUT2D eigenvalue weighted by atomic mass is 32.1. The number of ether oxygens (including phenoxy) is 1. The molecule has 2 aliphatic heterocycles. The number of carbonyl (C=O) groups excluding carboxylic acids is 1. The molecule has 1 aromatic rings. The monoisotopic (exact) mass is 422 g/mol. The third-order valence-electron chi connectivity index (χ3n) is 5.35. The van der Waals surface area contributed by atoms with Gasteiger partial charge in [0.25, 0.3) is 0 Å². The van der Waals surface area contributed by atoms with Crippen molar-refractivity contribution < 1.29 is 9.53 Å². The zero-order valence-corrected chi connectivity index (χ0v) is 18.4. The second kappa shape index (κ2) is 11.4. The van der Waals surface area contributed by atoms with Gasteiger partial charge in [0.1, 0.15) is 6.54 Å². The molecule has 0 unspecified atom stereocenters. The number of guanidine groups is 1. The van der Waals surface area contributed by atoms with Crippen molar-refractivity contribution in [2.45, 2.75) is 18.9 Å². The van der Waals surface area contributed by atoms with Crippen LogP contribution in [-0.2, 0) is 9.53 Å². The highest BCUT2D eigenvalue weighted by Gasteiger charge is 2.21. The number of thiophene rings is 1. The summed E-state index contributed by atoms with van der Waals surface area (Å²) >= 11 is 1.80. The first kappa shape index (κ1) is 21.9. The highest BCUT2D eigenvalue weighted by molar-refractivity contribution is 7.14. The Morgan fingerprint density at radius 2 is 2.03 bits per heavy atom. The molecule has 0 aliphatic carbocycles. The lowest BCUT2D eigenvalue weighted by atomic mass is 10.1. The summed E-state index contributed by atoms with van der Waals surface area (Å²) in [4.78, 5) is 22.9. The summed E-state index contributed by atoms with van der Waals surface area (Å²) < 4.78 is 5.41. The summed E-state index contributed by atoms with van der Waals surface area (Å²) in [7, 11) is 3.52. The molecule has 2 aliphatic rings. The van der Waals surface area contributed by atoms with Gasteiger partial charge in [-0.25, -0.2) is 4.99 Å². The molecule has 3 heterocycles. The number of morpholine rings is 1. The summed E-state index contributed by atoms with van der Waals surface area (Å²) in [5, 5.41) is 10.5. The van der Waals surface area contributed by atoms with Crippen molar-refractivity contribution in [3.05, 3.63) is 17.5 Å². The van der Waals surface area contributed by atoms with Crippen LogP contribution in [0.4, 0.5) is 5.00 Å². The van der Waals surface area contributed by atoms with Crippen LogP contribution in [0.25, 0.3) is 0 Å². The summed E-state index contributed by atoms with van der Waals surface area (Å²) in [5.74, 6) is 0.745. The molecule has 0 saturated carbocycles. The lowest BCUT2D eigenvalue weighted by Crippen LogP contribution is -2.50. The molecule has 2 fully saturated rings. The number of anilines is 1. The Labute approximate surface area is 177 Å². The van der Waals surface area contributed by atoms with Crippen molar-refractivity contribution in [3.63, 3.8) is 0 Å². The lowest BCUT2D eigenvalue weighted by Gasteiger charge is -2.34. The van der Waals surface area contributed by atoms with Crippen LogP contribution in [0.5, 0.6) is 0 Å². The van der Waals surface area contributed by atoms with E-state index in [9.17, 15) is 4.79 Å². The second-order valence-corrected chi connectivity index (χ2v) is 8.62. The number of piperidine rings is 1. The van der Waals surface area contributed by atoms with E-state index in [0.717, 1.165) is 71.3 Å². The van der Waals surface area contributed by atoms with E-state index >= 15 is 0 Å². The molecular formula is C20H34N6O2S. The summed E-state index contributed by atoms with van der Waals surface area (Å²) in [6.45, 7) is 7.54. The Bertz CT molecular complexity index is 637. The van der Waals surface area contributed by atoms with E-state index in [1.807, 2.05) is 0 Å². The van der Waals surface area contributed by atoms with Crippen LogP contribution < -0.4 is 15.5 Å². The summed E-state index contributed by atoms with van der Waals surface area (Å²) in [6.07, 6.45) is 2.12. The molecule has 0 spiro atoms. The molecule has 0 radical (unpaired) electrons. The van der Waals surface area contributed by atoms with Crippen LogP contribution in [0.2, 0.25) is 0 Å². The molecule has 29 heavy (non-hydrogen) atoms. The van der Waals surface area contributed by atoms with Gasteiger partial charge in [-0.1, -0.05) is 0 Å². The maximum Gasteiger partial charge on any atom is 0.243 e. The standard InChI is InChI=1S/C20H34N6O2S/c1-24(2)18(27)16-22-20(21-7-10-25-11-13-28-14-12-25)23-17-5-8-26(9-6-17)19-4-3-15-29-19/h3-4,15,17H,5-14,16H2,1-2H3,(H2,21,22,23). The Hall–Kier alpha value is -1.84. The number of hydrogen-bond acceptors (Lipinski definition) is 6. The molecule has 1 aromatic heterocycles. The van der Waals surface area contributed by atoms with Crippen molar-refractivity contribution >= 4 is 28.2 Å². The number of hydrogen-bond donors (Lipinski definition) is 2. The fourth-order valence-electron chi connectivity index (χ4n) is 3.49. The van der Waals surface area contributed by atoms with E-state index in [2.05, 4.69) is 42.9 Å². The topological polar surface area (TPSA) is 72.4 Å². The van der Waals surface area contributed by atoms with Crippen LogP contribution in [-0.4, -0.2) is 101 Å². The van der Waals surface area contributed by atoms with Gasteiger partial charge in [-0.2, -0.15) is 0 Å². The highest BCUT2D eigenvalue weighted by Crippen LogP contribution is 2.24. The zero-order chi connectivity index (χ0) is 20.5. The van der Waals surface area contributed by atoms with Gasteiger partial charge in [0.15, 0.2) is 5.96 Å². The van der Waals surface area contributed by atoms with Gasteiger partial charge in [0, 0.05) is 59.4 Å². The van der Waals surface area contributed by atoms with Crippen molar-refractivity contribution in [2.75, 3.05) is 78.0 Å². The SMILES string of the molecule is CN(C)C(=O)CN=C(NCCN1CCOCC1)NC1CCN(c2cccs2)CC1. The normalized spacial score (nSPS) is 19.2. The zero-order valence-electron chi connectivity index (χ0n) is 17.6. The van der Waals surface area contributed by atoms with Crippen molar-refractivity contribution in [3.8, 4) is 0 Å². The first-order chi connectivity index (χ1) is 14.1. The molecule has 0 bridgehead atoms. The van der Waals surface area contributed by atoms with Gasteiger partial charge in [-0.15, -0.1) is 11.3 Å². The first-order valence-electron chi connectivity index (χ1n) is 10.5. The van der Waals surface area contributed by atoms with Crippen LogP contribution in [0.3, 0.4) is 0 Å². The summed E-state index contributed by atoms with van der Waals surface area (Å²) in [5.41, 5.74) is 0. The van der Waals surface area contributed by atoms with Gasteiger partial charge in [-0.3, -0.25) is 9.69 Å². The van der Waals surface area contributed by atoms with Crippen LogP contribution in [0.15, 0.2) is 22.5 Å². The van der Waals surface area contributed by atoms with Crippen molar-refractivity contribution in [2.24, 2.45) is 4.99 Å². The van der Waals surface area contributed by atoms with Gasteiger partial charge >= 0.3 is 0 Å². The predicted octanol–water partition coefficient (Wildman–Crippen LogP) is 0.673. The van der Waals surface area contributed by atoms with E-state index < -0.39 is 0 Å². The van der Waals surface area contributed by atoms with Crippen LogP contribution >= 0.6 is 11.3 Å².